The molecule has 1 aromatic carbocycles. The summed E-state index contributed by atoms with van der Waals surface area (Å²) in [6.07, 6.45) is 3.72. The number of benzene rings is 1. The number of rotatable bonds is 8. The van der Waals surface area contributed by atoms with Crippen LogP contribution in [0.2, 0.25) is 0 Å². The lowest BCUT2D eigenvalue weighted by molar-refractivity contribution is -0.117. The highest BCUT2D eigenvalue weighted by Crippen LogP contribution is 2.37. The summed E-state index contributed by atoms with van der Waals surface area (Å²) in [5.41, 5.74) is 1.22. The van der Waals surface area contributed by atoms with Crippen molar-refractivity contribution in [3.05, 3.63) is 77.7 Å². The summed E-state index contributed by atoms with van der Waals surface area (Å²) in [7, 11) is 1.61. The maximum absolute atomic E-state index is 13.1. The van der Waals surface area contributed by atoms with Gasteiger partial charge in [-0.3, -0.25) is 15.1 Å². The number of urea groups is 1. The van der Waals surface area contributed by atoms with Crippen molar-refractivity contribution in [3.63, 3.8) is 0 Å². The van der Waals surface area contributed by atoms with E-state index in [9.17, 15) is 9.59 Å². The Morgan fingerprint density at radius 1 is 1.18 bits per heavy atom. The normalized spacial score (nSPS) is 17.4. The van der Waals surface area contributed by atoms with Crippen molar-refractivity contribution in [1.82, 2.24) is 25.4 Å². The van der Waals surface area contributed by atoms with Gasteiger partial charge in [-0.15, -0.1) is 5.10 Å². The number of nitrogens with zero attached hydrogens (tertiary/aromatic N) is 4. The predicted molar refractivity (Wildman–Crippen MR) is 130 cm³/mol. The maximum atomic E-state index is 13.1. The lowest BCUT2D eigenvalue weighted by atomic mass is 9.86. The number of carbonyl (C=O) groups excluding carboxylic acids is 2. The molecule has 0 bridgehead atoms. The van der Waals surface area contributed by atoms with Gasteiger partial charge in [0.05, 0.1) is 19.2 Å². The second kappa shape index (κ2) is 9.92. The molecule has 3 amide bonds. The first kappa shape index (κ1) is 23.2. The van der Waals surface area contributed by atoms with Crippen molar-refractivity contribution in [2.24, 2.45) is 0 Å². The highest BCUT2D eigenvalue weighted by Gasteiger charge is 2.52. The molecular formula is C24H24N6O3S. The first-order valence-electron chi connectivity index (χ1n) is 10.7. The van der Waals surface area contributed by atoms with Gasteiger partial charge in [0.1, 0.15) is 16.3 Å². The van der Waals surface area contributed by atoms with E-state index in [-0.39, 0.29) is 23.3 Å². The van der Waals surface area contributed by atoms with Crippen molar-refractivity contribution in [2.75, 3.05) is 19.0 Å². The SMILES string of the molecule is COc1ccc(CCN2C(=O)NC(=S)C2(CC(=O)Nc2ccc(C)nn2)c2cccnc2)cc1. The number of thiocarbonyl (C=S) groups is 1. The lowest BCUT2D eigenvalue weighted by Gasteiger charge is -2.36. The first-order chi connectivity index (χ1) is 16.4. The van der Waals surface area contributed by atoms with Gasteiger partial charge in [0.2, 0.25) is 5.91 Å². The molecule has 0 radical (unpaired) electrons. The summed E-state index contributed by atoms with van der Waals surface area (Å²) < 4.78 is 5.22. The van der Waals surface area contributed by atoms with Gasteiger partial charge in [-0.1, -0.05) is 30.4 Å². The van der Waals surface area contributed by atoms with Crippen molar-refractivity contribution in [1.29, 1.82) is 0 Å². The van der Waals surface area contributed by atoms with E-state index in [0.717, 1.165) is 17.0 Å². The minimum Gasteiger partial charge on any atom is -0.497 e. The monoisotopic (exact) mass is 476 g/mol. The number of pyridine rings is 1. The molecule has 3 heterocycles. The number of anilines is 1. The van der Waals surface area contributed by atoms with Crippen molar-refractivity contribution < 1.29 is 14.3 Å². The lowest BCUT2D eigenvalue weighted by Crippen LogP contribution is -2.49. The van der Waals surface area contributed by atoms with Crippen LogP contribution in [0.15, 0.2) is 60.9 Å². The van der Waals surface area contributed by atoms with Crippen molar-refractivity contribution in [2.45, 2.75) is 25.3 Å². The van der Waals surface area contributed by atoms with Crippen LogP contribution in [0.25, 0.3) is 0 Å². The Hall–Kier alpha value is -3.92. The standard InChI is InChI=1S/C24H24N6O3S/c1-16-5-10-20(29-28-16)26-21(31)14-24(18-4-3-12-25-15-18)22(34)27-23(32)30(24)13-11-17-6-8-19(33-2)9-7-17/h3-10,12,15H,11,13-14H2,1-2H3,(H,26,29,31)(H,27,32,34). The van der Waals surface area contributed by atoms with E-state index >= 15 is 0 Å². The molecule has 1 unspecified atom stereocenters. The summed E-state index contributed by atoms with van der Waals surface area (Å²) in [6, 6.07) is 14.3. The van der Waals surface area contributed by atoms with Gasteiger partial charge >= 0.3 is 6.03 Å². The van der Waals surface area contributed by atoms with Crippen LogP contribution >= 0.6 is 12.2 Å². The number of hydrogen-bond acceptors (Lipinski definition) is 7. The van der Waals surface area contributed by atoms with E-state index in [2.05, 4.69) is 25.8 Å². The minimum absolute atomic E-state index is 0.103. The number of nitrogens with one attached hydrogen (secondary N) is 2. The van der Waals surface area contributed by atoms with Gasteiger partial charge in [-0.05, 0) is 49.2 Å². The highest BCUT2D eigenvalue weighted by molar-refractivity contribution is 7.80. The van der Waals surface area contributed by atoms with Gasteiger partial charge < -0.3 is 15.0 Å². The second-order valence-electron chi connectivity index (χ2n) is 7.90. The molecule has 2 aromatic heterocycles. The van der Waals surface area contributed by atoms with Crippen LogP contribution < -0.4 is 15.4 Å². The summed E-state index contributed by atoms with van der Waals surface area (Å²) in [6.45, 7) is 2.15. The number of aryl methyl sites for hydroxylation is 1. The fourth-order valence-electron chi connectivity index (χ4n) is 3.95. The average molecular weight is 477 g/mol. The van der Waals surface area contributed by atoms with Gasteiger partial charge in [0.25, 0.3) is 0 Å². The smallest absolute Gasteiger partial charge is 0.323 e. The average Bonchev–Trinajstić information content (AvgIpc) is 3.09. The van der Waals surface area contributed by atoms with Crippen LogP contribution in [0.4, 0.5) is 10.6 Å². The van der Waals surface area contributed by atoms with E-state index in [1.54, 1.807) is 42.6 Å². The quantitative estimate of drug-likeness (QED) is 0.481. The van der Waals surface area contributed by atoms with Gasteiger partial charge in [0.15, 0.2) is 5.82 Å². The Bertz CT molecular complexity index is 1190. The fourth-order valence-corrected chi connectivity index (χ4v) is 4.33. The predicted octanol–water partition coefficient (Wildman–Crippen LogP) is 3.01. The number of ether oxygens (including phenoxy) is 1. The molecule has 1 aliphatic heterocycles. The summed E-state index contributed by atoms with van der Waals surface area (Å²) >= 11 is 5.63. The van der Waals surface area contributed by atoms with Gasteiger partial charge in [0, 0.05) is 24.5 Å². The molecule has 2 N–H and O–H groups in total. The van der Waals surface area contributed by atoms with E-state index in [1.165, 1.54) is 0 Å². The maximum Gasteiger partial charge on any atom is 0.323 e. The molecule has 0 spiro atoms. The van der Waals surface area contributed by atoms with Crippen LogP contribution in [0, 0.1) is 6.92 Å². The van der Waals surface area contributed by atoms with E-state index in [0.29, 0.717) is 24.3 Å². The molecule has 0 saturated carbocycles. The molecule has 4 rings (SSSR count). The van der Waals surface area contributed by atoms with Gasteiger partial charge in [-0.2, -0.15) is 5.10 Å². The van der Waals surface area contributed by atoms with Gasteiger partial charge in [-0.25, -0.2) is 4.79 Å². The summed E-state index contributed by atoms with van der Waals surface area (Å²) in [5, 5.41) is 13.5. The topological polar surface area (TPSA) is 109 Å². The van der Waals surface area contributed by atoms with E-state index in [1.807, 2.05) is 37.3 Å². The number of aromatic nitrogens is 3. The fraction of sp³-hybridized carbons (Fsp3) is 0.250. The van der Waals surface area contributed by atoms with Crippen LogP contribution in [-0.2, 0) is 16.8 Å². The zero-order valence-electron chi connectivity index (χ0n) is 18.8. The second-order valence-corrected chi connectivity index (χ2v) is 8.30. The van der Waals surface area contributed by atoms with Crippen molar-refractivity contribution >= 4 is 35.0 Å². The molecule has 9 nitrogen and oxygen atoms in total. The third-order valence-corrected chi connectivity index (χ3v) is 6.15. The molecule has 0 aliphatic carbocycles. The summed E-state index contributed by atoms with van der Waals surface area (Å²) in [4.78, 5) is 32.2. The number of carbonyl (C=O) groups is 2. The molecule has 34 heavy (non-hydrogen) atoms. The number of methoxy groups -OCH3 is 1. The number of amides is 3. The molecule has 174 valence electrons. The van der Waals surface area contributed by atoms with Crippen LogP contribution in [0.1, 0.15) is 23.2 Å². The molecule has 1 atom stereocenters. The van der Waals surface area contributed by atoms with Crippen LogP contribution in [-0.4, -0.2) is 50.7 Å². The zero-order chi connectivity index (χ0) is 24.1. The Kier molecular flexibility index (Phi) is 6.78. The highest BCUT2D eigenvalue weighted by atomic mass is 32.1. The third-order valence-electron chi connectivity index (χ3n) is 5.71. The zero-order valence-corrected chi connectivity index (χ0v) is 19.6. The minimum atomic E-state index is -1.19. The third kappa shape index (κ3) is 4.72. The molecule has 1 aliphatic rings. The molecule has 10 heteroatoms. The van der Waals surface area contributed by atoms with Crippen molar-refractivity contribution in [3.8, 4) is 5.75 Å². The Labute approximate surface area is 202 Å². The Morgan fingerprint density at radius 3 is 2.62 bits per heavy atom. The van der Waals surface area contributed by atoms with E-state index in [4.69, 9.17) is 17.0 Å². The number of hydrogen-bond donors (Lipinski definition) is 2. The molecular weight excluding hydrogens is 452 g/mol. The molecule has 1 fully saturated rings. The summed E-state index contributed by atoms with van der Waals surface area (Å²) in [5.74, 6) is 0.727. The van der Waals surface area contributed by atoms with E-state index < -0.39 is 5.54 Å². The van der Waals surface area contributed by atoms with Crippen LogP contribution in [0.3, 0.4) is 0 Å². The largest absolute Gasteiger partial charge is 0.497 e. The molecule has 3 aromatic rings. The Balaban J connectivity index is 1.63. The molecule has 1 saturated heterocycles. The first-order valence-corrected chi connectivity index (χ1v) is 11.1. The van der Waals surface area contributed by atoms with Crippen LogP contribution in [0.5, 0.6) is 5.75 Å². The Morgan fingerprint density at radius 2 is 1.97 bits per heavy atom.